The Morgan fingerprint density at radius 2 is 2.00 bits per heavy atom. The number of nitrogens with one attached hydrogen (secondary N) is 1. The van der Waals surface area contributed by atoms with Crippen LogP contribution in [0.25, 0.3) is 0 Å². The highest BCUT2D eigenvalue weighted by Gasteiger charge is 2.23. The van der Waals surface area contributed by atoms with Crippen LogP contribution < -0.4 is 5.32 Å². The van der Waals surface area contributed by atoms with Crippen LogP contribution in [0.1, 0.15) is 50.7 Å². The molecule has 2 rings (SSSR count). The van der Waals surface area contributed by atoms with E-state index in [1.165, 1.54) is 24.0 Å². The zero-order chi connectivity index (χ0) is 11.5. The summed E-state index contributed by atoms with van der Waals surface area (Å²) in [6.45, 7) is 7.78. The van der Waals surface area contributed by atoms with Gasteiger partial charge in [0.1, 0.15) is 0 Å². The van der Waals surface area contributed by atoms with Gasteiger partial charge in [0, 0.05) is 12.6 Å². The minimum absolute atomic E-state index is 0.588. The standard InChI is InChI=1S/C15H23N/c1-11(2)12(3)16-10-13-5-4-6-15(9-13)14-7-8-14/h4-6,9,11-12,14,16H,7-8,10H2,1-3H3. The predicted molar refractivity (Wildman–Crippen MR) is 69.6 cm³/mol. The van der Waals surface area contributed by atoms with Crippen LogP contribution in [0.15, 0.2) is 24.3 Å². The molecule has 0 spiro atoms. The van der Waals surface area contributed by atoms with Gasteiger partial charge in [-0.3, -0.25) is 0 Å². The van der Waals surface area contributed by atoms with Crippen molar-refractivity contribution in [3.63, 3.8) is 0 Å². The van der Waals surface area contributed by atoms with E-state index in [0.717, 1.165) is 12.5 Å². The van der Waals surface area contributed by atoms with Crippen molar-refractivity contribution in [2.75, 3.05) is 0 Å². The molecular formula is C15H23N. The van der Waals surface area contributed by atoms with Gasteiger partial charge in [0.05, 0.1) is 0 Å². The molecule has 1 atom stereocenters. The van der Waals surface area contributed by atoms with E-state index in [1.807, 2.05) is 0 Å². The van der Waals surface area contributed by atoms with Crippen molar-refractivity contribution in [1.82, 2.24) is 5.32 Å². The molecule has 1 saturated carbocycles. The van der Waals surface area contributed by atoms with E-state index < -0.39 is 0 Å². The molecule has 0 aliphatic heterocycles. The second-order valence-electron chi connectivity index (χ2n) is 5.43. The van der Waals surface area contributed by atoms with Crippen molar-refractivity contribution >= 4 is 0 Å². The van der Waals surface area contributed by atoms with E-state index in [1.54, 1.807) is 0 Å². The fraction of sp³-hybridized carbons (Fsp3) is 0.600. The predicted octanol–water partition coefficient (Wildman–Crippen LogP) is 3.70. The van der Waals surface area contributed by atoms with Gasteiger partial charge >= 0.3 is 0 Å². The molecule has 16 heavy (non-hydrogen) atoms. The van der Waals surface area contributed by atoms with Crippen LogP contribution in [0.2, 0.25) is 0 Å². The summed E-state index contributed by atoms with van der Waals surface area (Å²) in [5.74, 6) is 1.56. The van der Waals surface area contributed by atoms with Gasteiger partial charge in [-0.05, 0) is 42.7 Å². The lowest BCUT2D eigenvalue weighted by Crippen LogP contribution is -2.30. The fourth-order valence-electron chi connectivity index (χ4n) is 1.89. The van der Waals surface area contributed by atoms with Gasteiger partial charge in [-0.15, -0.1) is 0 Å². The Morgan fingerprint density at radius 1 is 1.25 bits per heavy atom. The minimum Gasteiger partial charge on any atom is -0.310 e. The molecule has 1 aliphatic carbocycles. The van der Waals surface area contributed by atoms with Gasteiger partial charge in [-0.1, -0.05) is 38.1 Å². The summed E-state index contributed by atoms with van der Waals surface area (Å²) in [6.07, 6.45) is 2.78. The van der Waals surface area contributed by atoms with E-state index in [2.05, 4.69) is 50.4 Å². The molecule has 1 aliphatic rings. The number of rotatable bonds is 5. The van der Waals surface area contributed by atoms with Gasteiger partial charge in [0.2, 0.25) is 0 Å². The molecule has 0 heterocycles. The molecule has 0 aromatic heterocycles. The van der Waals surface area contributed by atoms with Crippen LogP contribution in [-0.2, 0) is 6.54 Å². The van der Waals surface area contributed by atoms with E-state index in [-0.39, 0.29) is 0 Å². The Bertz CT molecular complexity index is 339. The van der Waals surface area contributed by atoms with Gasteiger partial charge < -0.3 is 5.32 Å². The highest BCUT2D eigenvalue weighted by molar-refractivity contribution is 5.29. The first-order valence-corrected chi connectivity index (χ1v) is 6.49. The van der Waals surface area contributed by atoms with Crippen LogP contribution in [0.4, 0.5) is 0 Å². The lowest BCUT2D eigenvalue weighted by atomic mass is 10.0. The molecule has 1 N–H and O–H groups in total. The molecule has 1 unspecified atom stereocenters. The maximum Gasteiger partial charge on any atom is 0.0208 e. The van der Waals surface area contributed by atoms with Gasteiger partial charge in [-0.25, -0.2) is 0 Å². The molecular weight excluding hydrogens is 194 g/mol. The summed E-state index contributed by atoms with van der Waals surface area (Å²) in [5, 5.41) is 3.58. The second-order valence-corrected chi connectivity index (χ2v) is 5.43. The van der Waals surface area contributed by atoms with Crippen molar-refractivity contribution in [3.05, 3.63) is 35.4 Å². The summed E-state index contributed by atoms with van der Waals surface area (Å²) in [5.41, 5.74) is 2.97. The quantitative estimate of drug-likeness (QED) is 0.793. The normalized spacial score (nSPS) is 17.8. The Balaban J connectivity index is 1.91. The molecule has 0 amide bonds. The molecule has 1 aromatic carbocycles. The third kappa shape index (κ3) is 3.08. The largest absolute Gasteiger partial charge is 0.310 e. The number of hydrogen-bond acceptors (Lipinski definition) is 1. The highest BCUT2D eigenvalue weighted by atomic mass is 14.9. The molecule has 1 heteroatoms. The third-order valence-corrected chi connectivity index (χ3v) is 3.63. The summed E-state index contributed by atoms with van der Waals surface area (Å²) < 4.78 is 0. The lowest BCUT2D eigenvalue weighted by molar-refractivity contribution is 0.426. The SMILES string of the molecule is CC(C)C(C)NCc1cccc(C2CC2)c1. The fourth-order valence-corrected chi connectivity index (χ4v) is 1.89. The zero-order valence-electron chi connectivity index (χ0n) is 10.7. The minimum atomic E-state index is 0.588. The van der Waals surface area contributed by atoms with Crippen molar-refractivity contribution in [2.24, 2.45) is 5.92 Å². The number of benzene rings is 1. The Labute approximate surface area is 99.3 Å². The van der Waals surface area contributed by atoms with Crippen LogP contribution in [0.5, 0.6) is 0 Å². The molecule has 88 valence electrons. The summed E-state index contributed by atoms with van der Waals surface area (Å²) in [6, 6.07) is 9.66. The Morgan fingerprint density at radius 3 is 2.62 bits per heavy atom. The molecule has 1 fully saturated rings. The van der Waals surface area contributed by atoms with Crippen molar-refractivity contribution in [2.45, 2.75) is 52.1 Å². The number of hydrogen-bond donors (Lipinski definition) is 1. The maximum atomic E-state index is 3.58. The molecule has 1 nitrogen and oxygen atoms in total. The van der Waals surface area contributed by atoms with Crippen LogP contribution in [-0.4, -0.2) is 6.04 Å². The molecule has 1 aromatic rings. The maximum absolute atomic E-state index is 3.58. The topological polar surface area (TPSA) is 12.0 Å². The van der Waals surface area contributed by atoms with E-state index in [4.69, 9.17) is 0 Å². The monoisotopic (exact) mass is 217 g/mol. The van der Waals surface area contributed by atoms with Gasteiger partial charge in [0.15, 0.2) is 0 Å². The summed E-state index contributed by atoms with van der Waals surface area (Å²) in [4.78, 5) is 0. The lowest BCUT2D eigenvalue weighted by Gasteiger charge is -2.17. The van der Waals surface area contributed by atoms with Crippen molar-refractivity contribution in [1.29, 1.82) is 0 Å². The average molecular weight is 217 g/mol. The first-order valence-electron chi connectivity index (χ1n) is 6.49. The summed E-state index contributed by atoms with van der Waals surface area (Å²) >= 11 is 0. The summed E-state index contributed by atoms with van der Waals surface area (Å²) in [7, 11) is 0. The van der Waals surface area contributed by atoms with E-state index >= 15 is 0 Å². The Kier molecular flexibility index (Phi) is 3.65. The van der Waals surface area contributed by atoms with Crippen LogP contribution in [0.3, 0.4) is 0 Å². The van der Waals surface area contributed by atoms with E-state index in [9.17, 15) is 0 Å². The molecule has 0 bridgehead atoms. The van der Waals surface area contributed by atoms with Gasteiger partial charge in [0.25, 0.3) is 0 Å². The highest BCUT2D eigenvalue weighted by Crippen LogP contribution is 2.40. The first-order chi connectivity index (χ1) is 7.66. The zero-order valence-corrected chi connectivity index (χ0v) is 10.7. The Hall–Kier alpha value is -0.820. The van der Waals surface area contributed by atoms with E-state index in [0.29, 0.717) is 12.0 Å². The van der Waals surface area contributed by atoms with Crippen LogP contribution in [0, 0.1) is 5.92 Å². The van der Waals surface area contributed by atoms with Crippen molar-refractivity contribution in [3.8, 4) is 0 Å². The van der Waals surface area contributed by atoms with Crippen LogP contribution >= 0.6 is 0 Å². The second kappa shape index (κ2) is 5.01. The third-order valence-electron chi connectivity index (χ3n) is 3.63. The van der Waals surface area contributed by atoms with Gasteiger partial charge in [-0.2, -0.15) is 0 Å². The molecule has 0 saturated heterocycles. The smallest absolute Gasteiger partial charge is 0.0208 e. The molecule has 0 radical (unpaired) electrons. The first kappa shape index (κ1) is 11.7. The van der Waals surface area contributed by atoms with Crippen molar-refractivity contribution < 1.29 is 0 Å². The average Bonchev–Trinajstić information content (AvgIpc) is 3.10.